The van der Waals surface area contributed by atoms with E-state index in [2.05, 4.69) is 0 Å². The van der Waals surface area contributed by atoms with Gasteiger partial charge in [0.2, 0.25) is 0 Å². The maximum atomic E-state index is 15.2. The van der Waals surface area contributed by atoms with Crippen LogP contribution in [0, 0.1) is 13.8 Å². The average Bonchev–Trinajstić information content (AvgIpc) is 3.64. The summed E-state index contributed by atoms with van der Waals surface area (Å²) in [6.45, 7) is 7.50. The lowest BCUT2D eigenvalue weighted by atomic mass is 9.81. The Hall–Kier alpha value is -4.52. The van der Waals surface area contributed by atoms with E-state index < -0.39 is 41.2 Å². The lowest BCUT2D eigenvalue weighted by Gasteiger charge is -2.47. The summed E-state index contributed by atoms with van der Waals surface area (Å²) in [5, 5.41) is 0. The van der Waals surface area contributed by atoms with Gasteiger partial charge in [-0.1, -0.05) is 78.2 Å². The van der Waals surface area contributed by atoms with Gasteiger partial charge in [0.25, 0.3) is 17.7 Å². The van der Waals surface area contributed by atoms with Crippen LogP contribution in [0.15, 0.2) is 80.8 Å². The number of benzene rings is 3. The third-order valence-electron chi connectivity index (χ3n) is 8.92. The quantitative estimate of drug-likeness (QED) is 0.123. The fourth-order valence-electron chi connectivity index (χ4n) is 6.24. The first-order valence-electron chi connectivity index (χ1n) is 15.3. The van der Waals surface area contributed by atoms with Crippen molar-refractivity contribution in [3.05, 3.63) is 114 Å². The number of carbonyl (C=O) groups excluding carboxylic acids is 5. The van der Waals surface area contributed by atoms with Gasteiger partial charge in [-0.2, -0.15) is 0 Å². The fourth-order valence-corrected chi connectivity index (χ4v) is 9.27. The molecule has 0 fully saturated rings. The van der Waals surface area contributed by atoms with Gasteiger partial charge in [-0.3, -0.25) is 24.2 Å². The van der Waals surface area contributed by atoms with Gasteiger partial charge in [0.05, 0.1) is 45.7 Å². The van der Waals surface area contributed by atoms with Crippen molar-refractivity contribution in [2.24, 2.45) is 0 Å². The molecule has 3 heterocycles. The van der Waals surface area contributed by atoms with Crippen LogP contribution in [0.3, 0.4) is 0 Å². The number of methoxy groups -OCH3 is 2. The van der Waals surface area contributed by atoms with Gasteiger partial charge in [-0.25, -0.2) is 9.59 Å². The number of amides is 3. The summed E-state index contributed by atoms with van der Waals surface area (Å²) in [5.41, 5.74) is 3.66. The first-order chi connectivity index (χ1) is 23.3. The summed E-state index contributed by atoms with van der Waals surface area (Å²) < 4.78 is 10.5. The number of thiocarbonyl (C=S) groups is 1. The predicted molar refractivity (Wildman–Crippen MR) is 194 cm³/mol. The molecule has 3 aliphatic heterocycles. The molecule has 3 amide bonds. The van der Waals surface area contributed by atoms with Gasteiger partial charge in [0, 0.05) is 17.6 Å². The highest BCUT2D eigenvalue weighted by Gasteiger charge is 2.51. The Morgan fingerprint density at radius 1 is 0.796 bits per heavy atom. The van der Waals surface area contributed by atoms with E-state index in [1.807, 2.05) is 70.2 Å². The van der Waals surface area contributed by atoms with Crippen molar-refractivity contribution in [3.63, 3.8) is 0 Å². The van der Waals surface area contributed by atoms with Crippen molar-refractivity contribution in [2.75, 3.05) is 19.1 Å². The third-order valence-corrected chi connectivity index (χ3v) is 12.2. The molecule has 49 heavy (non-hydrogen) atoms. The van der Waals surface area contributed by atoms with Crippen molar-refractivity contribution in [2.45, 2.75) is 45.7 Å². The number of thioether (sulfide) groups is 2. The first kappa shape index (κ1) is 34.3. The minimum absolute atomic E-state index is 0.0825. The van der Waals surface area contributed by atoms with Gasteiger partial charge in [0.15, 0.2) is 0 Å². The third kappa shape index (κ3) is 5.71. The molecule has 1 atom stereocenters. The number of imide groups is 1. The summed E-state index contributed by atoms with van der Waals surface area (Å²) in [4.78, 5) is 71.7. The van der Waals surface area contributed by atoms with Crippen molar-refractivity contribution >= 4 is 81.5 Å². The second-order valence-corrected chi connectivity index (χ2v) is 15.0. The van der Waals surface area contributed by atoms with E-state index in [1.54, 1.807) is 29.2 Å². The molecular formula is C37H32N2O7S3. The van der Waals surface area contributed by atoms with E-state index in [9.17, 15) is 19.2 Å². The molecule has 0 aliphatic carbocycles. The van der Waals surface area contributed by atoms with E-state index >= 15 is 4.79 Å². The fraction of sp³-hybridized carbons (Fsp3) is 0.243. The molecule has 0 saturated carbocycles. The number of hydrogen-bond acceptors (Lipinski definition) is 10. The summed E-state index contributed by atoms with van der Waals surface area (Å²) in [6, 6.07) is 18.4. The van der Waals surface area contributed by atoms with Crippen LogP contribution in [0.5, 0.6) is 0 Å². The number of rotatable bonds is 6. The highest BCUT2D eigenvalue weighted by molar-refractivity contribution is 8.29. The lowest BCUT2D eigenvalue weighted by molar-refractivity contribution is -0.138. The Labute approximate surface area is 297 Å². The molecule has 9 nitrogen and oxygen atoms in total. The average molecular weight is 713 g/mol. The van der Waals surface area contributed by atoms with Crippen LogP contribution in [0.25, 0.3) is 5.57 Å². The number of nitrogens with zero attached hydrogens (tertiary/aromatic N) is 2. The van der Waals surface area contributed by atoms with Gasteiger partial charge in [0.1, 0.15) is 15.9 Å². The molecule has 0 saturated heterocycles. The molecule has 12 heteroatoms. The van der Waals surface area contributed by atoms with Crippen molar-refractivity contribution in [3.8, 4) is 0 Å². The number of fused-ring (bicyclic) bond motifs is 2. The summed E-state index contributed by atoms with van der Waals surface area (Å²) in [6.07, 6.45) is 0.0825. The number of anilines is 1. The molecule has 6 rings (SSSR count). The largest absolute Gasteiger partial charge is 0.465 e. The van der Waals surface area contributed by atoms with Crippen molar-refractivity contribution in [1.29, 1.82) is 0 Å². The summed E-state index contributed by atoms with van der Waals surface area (Å²) in [7, 11) is 2.47. The molecule has 0 bridgehead atoms. The minimum atomic E-state index is -1.20. The Balaban J connectivity index is 1.52. The van der Waals surface area contributed by atoms with Crippen LogP contribution in [0.2, 0.25) is 0 Å². The lowest BCUT2D eigenvalue weighted by Crippen LogP contribution is -2.62. The molecule has 0 aromatic heterocycles. The smallest absolute Gasteiger partial charge is 0.346 e. The molecule has 3 aromatic rings. The Bertz CT molecular complexity index is 1990. The number of esters is 2. The molecule has 250 valence electrons. The first-order valence-corrected chi connectivity index (χ1v) is 17.4. The monoisotopic (exact) mass is 712 g/mol. The number of ether oxygens (including phenoxy) is 2. The summed E-state index contributed by atoms with van der Waals surface area (Å²) >= 11 is 8.33. The second kappa shape index (κ2) is 13.1. The van der Waals surface area contributed by atoms with Crippen LogP contribution >= 0.6 is 35.7 Å². The van der Waals surface area contributed by atoms with Crippen LogP contribution in [-0.4, -0.2) is 65.2 Å². The van der Waals surface area contributed by atoms with Crippen molar-refractivity contribution in [1.82, 2.24) is 4.90 Å². The van der Waals surface area contributed by atoms with Gasteiger partial charge in [-0.05, 0) is 68.7 Å². The SMILES string of the molecule is COC(=O)C1=C(C(=O)OC)SC(=C2C(=S)C(C)(C)N(C(=O)[C@H](Cc3ccccc3)N3C(=O)c4ccccc4C3=O)c3cc(C)c(C)cc32)S1. The van der Waals surface area contributed by atoms with Crippen molar-refractivity contribution < 1.29 is 33.4 Å². The van der Waals surface area contributed by atoms with E-state index in [0.717, 1.165) is 45.1 Å². The topological polar surface area (TPSA) is 110 Å². The zero-order valence-electron chi connectivity index (χ0n) is 27.6. The summed E-state index contributed by atoms with van der Waals surface area (Å²) in [5.74, 6) is -2.92. The van der Waals surface area contributed by atoms with Crippen LogP contribution in [0.1, 0.15) is 56.8 Å². The van der Waals surface area contributed by atoms with Crippen LogP contribution in [0.4, 0.5) is 5.69 Å². The Morgan fingerprint density at radius 2 is 1.31 bits per heavy atom. The molecule has 0 N–H and O–H groups in total. The number of hydrogen-bond donors (Lipinski definition) is 0. The van der Waals surface area contributed by atoms with E-state index in [4.69, 9.17) is 21.7 Å². The predicted octanol–water partition coefficient (Wildman–Crippen LogP) is 6.41. The van der Waals surface area contributed by atoms with E-state index in [0.29, 0.717) is 25.9 Å². The normalized spacial score (nSPS) is 17.3. The van der Waals surface area contributed by atoms with E-state index in [1.165, 1.54) is 14.2 Å². The van der Waals surface area contributed by atoms with Crippen LogP contribution in [-0.2, 0) is 30.3 Å². The molecule has 0 unspecified atom stereocenters. The maximum absolute atomic E-state index is 15.2. The highest BCUT2D eigenvalue weighted by Crippen LogP contribution is 2.56. The Morgan fingerprint density at radius 3 is 1.84 bits per heavy atom. The zero-order valence-corrected chi connectivity index (χ0v) is 30.1. The maximum Gasteiger partial charge on any atom is 0.346 e. The van der Waals surface area contributed by atoms with Crippen LogP contribution < -0.4 is 4.90 Å². The number of carbonyl (C=O) groups is 5. The van der Waals surface area contributed by atoms with E-state index in [-0.39, 0.29) is 27.4 Å². The molecule has 3 aliphatic rings. The highest BCUT2D eigenvalue weighted by atomic mass is 32.2. The standard InChI is InChI=1S/C37H32N2O7S3/c1-19-16-24-25(17-20(19)2)39(37(3,4)30(47)27(24)36-48-28(34(43)45-5)29(49-36)35(44)46-6)33(42)26(18-21-12-8-7-9-13-21)38-31(40)22-14-10-11-15-23(22)32(38)41/h7-17,26H,18H2,1-6H3/t26-/m0/s1. The second-order valence-electron chi connectivity index (χ2n) is 12.3. The molecule has 0 spiro atoms. The molecule has 3 aromatic carbocycles. The zero-order chi connectivity index (χ0) is 35.4. The Kier molecular flexibility index (Phi) is 9.16. The van der Waals surface area contributed by atoms with Gasteiger partial charge >= 0.3 is 11.9 Å². The number of aryl methyl sites for hydroxylation is 2. The molecular weight excluding hydrogens is 681 g/mol. The molecule has 0 radical (unpaired) electrons. The minimum Gasteiger partial charge on any atom is -0.465 e. The van der Waals surface area contributed by atoms with Gasteiger partial charge in [-0.15, -0.1) is 0 Å². The van der Waals surface area contributed by atoms with Gasteiger partial charge < -0.3 is 9.47 Å².